The first-order valence-corrected chi connectivity index (χ1v) is 9.75. The zero-order valence-corrected chi connectivity index (χ0v) is 16.4. The second-order valence-electron chi connectivity index (χ2n) is 6.74. The Morgan fingerprint density at radius 2 is 1.80 bits per heavy atom. The van der Waals surface area contributed by atoms with Crippen molar-refractivity contribution in [1.82, 2.24) is 0 Å². The van der Waals surface area contributed by atoms with Crippen LogP contribution in [-0.4, -0.2) is 62.8 Å². The number of esters is 2. The maximum Gasteiger partial charge on any atom is 0.513 e. The number of rotatable bonds is 9. The molecule has 30 heavy (non-hydrogen) atoms. The van der Waals surface area contributed by atoms with Gasteiger partial charge in [0.15, 0.2) is 6.10 Å². The third-order valence-corrected chi connectivity index (χ3v) is 4.64. The summed E-state index contributed by atoms with van der Waals surface area (Å²) < 4.78 is 31.4. The van der Waals surface area contributed by atoms with E-state index in [0.717, 1.165) is 12.5 Å². The van der Waals surface area contributed by atoms with Crippen LogP contribution in [0.4, 0.5) is 4.79 Å². The van der Waals surface area contributed by atoms with Crippen LogP contribution in [0, 0.1) is 0 Å². The summed E-state index contributed by atoms with van der Waals surface area (Å²) in [6.45, 7) is 4.57. The Balaban J connectivity index is 1.35. The van der Waals surface area contributed by atoms with Gasteiger partial charge < -0.3 is 28.4 Å². The largest absolute Gasteiger partial charge is 0.513 e. The molecule has 9 nitrogen and oxygen atoms in total. The van der Waals surface area contributed by atoms with E-state index < -0.39 is 24.2 Å². The molecule has 0 spiro atoms. The molecule has 9 heteroatoms. The van der Waals surface area contributed by atoms with Gasteiger partial charge in [-0.05, 0) is 43.5 Å². The van der Waals surface area contributed by atoms with Crippen molar-refractivity contribution in [3.8, 4) is 5.75 Å². The standard InChI is InChI=1S/C21H24O9/c1-2-18(22)25-10-3-4-11-27-21(24)29-15-7-5-14(6-8-15)20(23)30-17-13-28-16-9-12-26-19(16)17/h2,5-8,16-17,19H,1,3-4,9-13H2/t16-,17-,19+/m0/s1. The van der Waals surface area contributed by atoms with Crippen LogP contribution in [0.1, 0.15) is 29.6 Å². The van der Waals surface area contributed by atoms with Crippen molar-refractivity contribution in [2.24, 2.45) is 0 Å². The van der Waals surface area contributed by atoms with E-state index >= 15 is 0 Å². The lowest BCUT2D eigenvalue weighted by molar-refractivity contribution is -0.137. The van der Waals surface area contributed by atoms with E-state index in [2.05, 4.69) is 6.58 Å². The number of carbonyl (C=O) groups is 3. The summed E-state index contributed by atoms with van der Waals surface area (Å²) in [7, 11) is 0. The number of hydrogen-bond acceptors (Lipinski definition) is 9. The summed E-state index contributed by atoms with van der Waals surface area (Å²) in [5, 5.41) is 0. The maximum atomic E-state index is 12.3. The molecule has 2 fully saturated rings. The van der Waals surface area contributed by atoms with E-state index in [0.29, 0.717) is 31.6 Å². The van der Waals surface area contributed by atoms with Gasteiger partial charge in [-0.25, -0.2) is 14.4 Å². The molecule has 2 saturated heterocycles. The van der Waals surface area contributed by atoms with Gasteiger partial charge in [0.2, 0.25) is 0 Å². The predicted octanol–water partition coefficient (Wildman–Crippen LogP) is 2.42. The fourth-order valence-corrected chi connectivity index (χ4v) is 3.11. The minimum atomic E-state index is -0.860. The smallest absolute Gasteiger partial charge is 0.463 e. The van der Waals surface area contributed by atoms with Gasteiger partial charge in [0, 0.05) is 12.7 Å². The number of carbonyl (C=O) groups excluding carboxylic acids is 3. The van der Waals surface area contributed by atoms with E-state index in [1.165, 1.54) is 24.3 Å². The lowest BCUT2D eigenvalue weighted by Crippen LogP contribution is -2.32. The average Bonchev–Trinajstić information content (AvgIpc) is 3.36. The topological polar surface area (TPSA) is 107 Å². The summed E-state index contributed by atoms with van der Waals surface area (Å²) in [5.41, 5.74) is 0.325. The van der Waals surface area contributed by atoms with Crippen LogP contribution in [0.5, 0.6) is 5.75 Å². The first-order valence-electron chi connectivity index (χ1n) is 9.75. The Morgan fingerprint density at radius 3 is 2.53 bits per heavy atom. The summed E-state index contributed by atoms with van der Waals surface area (Å²) in [6, 6.07) is 5.96. The molecule has 0 amide bonds. The fraction of sp³-hybridized carbons (Fsp3) is 0.476. The van der Waals surface area contributed by atoms with Crippen molar-refractivity contribution < 1.29 is 42.8 Å². The number of ether oxygens (including phenoxy) is 6. The Bertz CT molecular complexity index is 758. The van der Waals surface area contributed by atoms with E-state index in [9.17, 15) is 14.4 Å². The molecular weight excluding hydrogens is 396 g/mol. The molecule has 2 aliphatic heterocycles. The summed E-state index contributed by atoms with van der Waals surface area (Å²) in [4.78, 5) is 34.9. The summed E-state index contributed by atoms with van der Waals surface area (Å²) >= 11 is 0. The van der Waals surface area contributed by atoms with Gasteiger partial charge in [-0.3, -0.25) is 0 Å². The SMILES string of the molecule is C=CC(=O)OCCCCOC(=O)Oc1ccc(C(=O)O[C@H]2CO[C@H]3CCO[C@H]32)cc1. The monoisotopic (exact) mass is 420 g/mol. The highest BCUT2D eigenvalue weighted by Gasteiger charge is 2.44. The average molecular weight is 420 g/mol. The molecule has 162 valence electrons. The van der Waals surface area contributed by atoms with Gasteiger partial charge in [0.1, 0.15) is 11.9 Å². The van der Waals surface area contributed by atoms with Crippen molar-refractivity contribution >= 4 is 18.1 Å². The van der Waals surface area contributed by atoms with Gasteiger partial charge in [-0.15, -0.1) is 0 Å². The number of hydrogen-bond donors (Lipinski definition) is 0. The van der Waals surface area contributed by atoms with Crippen molar-refractivity contribution in [2.45, 2.75) is 37.6 Å². The van der Waals surface area contributed by atoms with Crippen LogP contribution in [0.15, 0.2) is 36.9 Å². The second kappa shape index (κ2) is 10.7. The summed E-state index contributed by atoms with van der Waals surface area (Å²) in [5.74, 6) is -0.749. The molecule has 1 aromatic rings. The third kappa shape index (κ3) is 6.04. The number of fused-ring (bicyclic) bond motifs is 1. The first kappa shape index (κ1) is 21.8. The van der Waals surface area contributed by atoms with Crippen molar-refractivity contribution in [1.29, 1.82) is 0 Å². The molecule has 0 unspecified atom stereocenters. The molecule has 3 atom stereocenters. The normalized spacial score (nSPS) is 22.1. The molecule has 2 aliphatic rings. The van der Waals surface area contributed by atoms with Crippen molar-refractivity contribution in [2.75, 3.05) is 26.4 Å². The van der Waals surface area contributed by atoms with Crippen LogP contribution in [0.25, 0.3) is 0 Å². The van der Waals surface area contributed by atoms with Gasteiger partial charge in [-0.1, -0.05) is 6.58 Å². The second-order valence-corrected chi connectivity index (χ2v) is 6.74. The zero-order valence-electron chi connectivity index (χ0n) is 16.4. The van der Waals surface area contributed by atoms with E-state index in [1.807, 2.05) is 0 Å². The molecule has 2 heterocycles. The fourth-order valence-electron chi connectivity index (χ4n) is 3.11. The Hall–Kier alpha value is -2.91. The molecule has 0 aromatic heterocycles. The quantitative estimate of drug-likeness (QED) is 0.196. The van der Waals surface area contributed by atoms with Gasteiger partial charge in [0.25, 0.3) is 0 Å². The molecule has 0 aliphatic carbocycles. The third-order valence-electron chi connectivity index (χ3n) is 4.64. The lowest BCUT2D eigenvalue weighted by atomic mass is 10.1. The Kier molecular flexibility index (Phi) is 7.81. The first-order chi connectivity index (χ1) is 14.6. The zero-order chi connectivity index (χ0) is 21.3. The Morgan fingerprint density at radius 1 is 1.07 bits per heavy atom. The Labute approximate surface area is 173 Å². The predicted molar refractivity (Wildman–Crippen MR) is 102 cm³/mol. The van der Waals surface area contributed by atoms with E-state index in [1.54, 1.807) is 0 Å². The lowest BCUT2D eigenvalue weighted by Gasteiger charge is -2.16. The van der Waals surface area contributed by atoms with Crippen LogP contribution in [0.3, 0.4) is 0 Å². The number of unbranched alkanes of at least 4 members (excludes halogenated alkanes) is 1. The van der Waals surface area contributed by atoms with Crippen molar-refractivity contribution in [3.05, 3.63) is 42.5 Å². The highest BCUT2D eigenvalue weighted by molar-refractivity contribution is 5.89. The van der Waals surface area contributed by atoms with Crippen LogP contribution >= 0.6 is 0 Å². The van der Waals surface area contributed by atoms with E-state index in [-0.39, 0.29) is 31.2 Å². The van der Waals surface area contributed by atoms with Gasteiger partial charge in [0.05, 0.1) is 31.5 Å². The van der Waals surface area contributed by atoms with E-state index in [4.69, 9.17) is 28.4 Å². The van der Waals surface area contributed by atoms with Gasteiger partial charge >= 0.3 is 18.1 Å². The highest BCUT2D eigenvalue weighted by atomic mass is 16.7. The molecule has 0 N–H and O–H groups in total. The molecule has 3 rings (SSSR count). The molecular formula is C21H24O9. The van der Waals surface area contributed by atoms with Crippen molar-refractivity contribution in [3.63, 3.8) is 0 Å². The molecule has 0 bridgehead atoms. The van der Waals surface area contributed by atoms with Gasteiger partial charge in [-0.2, -0.15) is 0 Å². The molecule has 0 saturated carbocycles. The number of benzene rings is 1. The van der Waals surface area contributed by atoms with Crippen LogP contribution in [-0.2, 0) is 28.5 Å². The molecule has 0 radical (unpaired) electrons. The highest BCUT2D eigenvalue weighted by Crippen LogP contribution is 2.29. The molecule has 1 aromatic carbocycles. The summed E-state index contributed by atoms with van der Waals surface area (Å²) in [6.07, 6.45) is 1.46. The van der Waals surface area contributed by atoms with Crippen LogP contribution < -0.4 is 4.74 Å². The minimum Gasteiger partial charge on any atom is -0.463 e. The van der Waals surface area contributed by atoms with Crippen LogP contribution in [0.2, 0.25) is 0 Å². The minimum absolute atomic E-state index is 0.00764. The maximum absolute atomic E-state index is 12.3.